The second kappa shape index (κ2) is 8.51. The van der Waals surface area contributed by atoms with Crippen LogP contribution in [0, 0.1) is 0 Å². The summed E-state index contributed by atoms with van der Waals surface area (Å²) in [5.41, 5.74) is -1.08. The molecule has 1 unspecified atom stereocenters. The molecule has 1 atom stereocenters. The van der Waals surface area contributed by atoms with Crippen molar-refractivity contribution < 1.29 is 21.6 Å². The molecule has 9 heteroatoms. The third-order valence-electron chi connectivity index (χ3n) is 3.94. The van der Waals surface area contributed by atoms with Gasteiger partial charge in [-0.15, -0.1) is 12.4 Å². The van der Waals surface area contributed by atoms with Crippen LogP contribution in [0.3, 0.4) is 0 Å². The summed E-state index contributed by atoms with van der Waals surface area (Å²) >= 11 is 0. The maximum atomic E-state index is 13.0. The van der Waals surface area contributed by atoms with E-state index in [-0.39, 0.29) is 24.0 Å². The molecule has 1 aliphatic rings. The highest BCUT2D eigenvalue weighted by atomic mass is 35.5. The van der Waals surface area contributed by atoms with Gasteiger partial charge < -0.3 is 5.32 Å². The minimum atomic E-state index is -4.56. The van der Waals surface area contributed by atoms with E-state index in [0.29, 0.717) is 26.1 Å². The predicted molar refractivity (Wildman–Crippen MR) is 89.6 cm³/mol. The van der Waals surface area contributed by atoms with Gasteiger partial charge in [-0.05, 0) is 18.1 Å². The molecule has 2 rings (SSSR count). The van der Waals surface area contributed by atoms with E-state index >= 15 is 0 Å². The molecule has 1 fully saturated rings. The minimum absolute atomic E-state index is 0. The second-order valence-electron chi connectivity index (χ2n) is 5.67. The molecule has 0 radical (unpaired) electrons. The van der Waals surface area contributed by atoms with E-state index in [1.807, 2.05) is 6.92 Å². The lowest BCUT2D eigenvalue weighted by atomic mass is 10.1. The number of piperazine rings is 1. The van der Waals surface area contributed by atoms with Crippen molar-refractivity contribution in [1.82, 2.24) is 9.62 Å². The molecular formula is C15H22ClF3N2O2S. The highest BCUT2D eigenvalue weighted by Crippen LogP contribution is 2.33. The Balaban J connectivity index is 0.00000288. The zero-order valence-corrected chi connectivity index (χ0v) is 15.0. The molecule has 1 saturated heterocycles. The van der Waals surface area contributed by atoms with Gasteiger partial charge in [-0.25, -0.2) is 8.42 Å². The van der Waals surface area contributed by atoms with Crippen molar-refractivity contribution in [3.63, 3.8) is 0 Å². The molecule has 24 heavy (non-hydrogen) atoms. The van der Waals surface area contributed by atoms with Crippen molar-refractivity contribution >= 4 is 22.4 Å². The van der Waals surface area contributed by atoms with Gasteiger partial charge >= 0.3 is 6.18 Å². The number of alkyl halides is 3. The van der Waals surface area contributed by atoms with E-state index in [1.165, 1.54) is 22.5 Å². The van der Waals surface area contributed by atoms with Crippen molar-refractivity contribution in [2.75, 3.05) is 19.6 Å². The van der Waals surface area contributed by atoms with E-state index in [2.05, 4.69) is 5.32 Å². The van der Waals surface area contributed by atoms with Crippen LogP contribution in [0.4, 0.5) is 13.2 Å². The van der Waals surface area contributed by atoms with Crippen LogP contribution in [0.15, 0.2) is 24.3 Å². The molecule has 4 nitrogen and oxygen atoms in total. The second-order valence-corrected chi connectivity index (χ2v) is 7.59. The smallest absolute Gasteiger partial charge is 0.314 e. The summed E-state index contributed by atoms with van der Waals surface area (Å²) in [6, 6.07) is 4.66. The number of sulfonamides is 1. The number of rotatable bonds is 5. The fourth-order valence-electron chi connectivity index (χ4n) is 2.89. The van der Waals surface area contributed by atoms with Crippen LogP contribution < -0.4 is 5.32 Å². The predicted octanol–water partition coefficient (Wildman–Crippen LogP) is 3.03. The van der Waals surface area contributed by atoms with E-state index < -0.39 is 27.5 Å². The van der Waals surface area contributed by atoms with Gasteiger partial charge in [0.05, 0.1) is 11.3 Å². The molecule has 0 spiro atoms. The van der Waals surface area contributed by atoms with E-state index in [0.717, 1.165) is 12.5 Å². The lowest BCUT2D eigenvalue weighted by Crippen LogP contribution is -2.53. The molecular weight excluding hydrogens is 365 g/mol. The average molecular weight is 387 g/mol. The molecule has 1 aromatic carbocycles. The zero-order valence-electron chi connectivity index (χ0n) is 13.3. The quantitative estimate of drug-likeness (QED) is 0.846. The highest BCUT2D eigenvalue weighted by molar-refractivity contribution is 7.88. The van der Waals surface area contributed by atoms with Crippen molar-refractivity contribution in [3.05, 3.63) is 35.4 Å². The van der Waals surface area contributed by atoms with E-state index in [9.17, 15) is 21.6 Å². The summed E-state index contributed by atoms with van der Waals surface area (Å²) in [5.74, 6) is -0.622. The van der Waals surface area contributed by atoms with Crippen molar-refractivity contribution in [3.8, 4) is 0 Å². The van der Waals surface area contributed by atoms with Gasteiger partial charge in [0, 0.05) is 25.7 Å². The van der Waals surface area contributed by atoms with Crippen LogP contribution in [-0.4, -0.2) is 38.4 Å². The molecule has 1 aromatic rings. The fourth-order valence-corrected chi connectivity index (χ4v) is 4.70. The molecule has 1 aliphatic heterocycles. The Bertz CT molecular complexity index is 636. The zero-order chi connectivity index (χ0) is 17.1. The van der Waals surface area contributed by atoms with Gasteiger partial charge in [0.1, 0.15) is 0 Å². The van der Waals surface area contributed by atoms with Crippen molar-refractivity contribution in [1.29, 1.82) is 0 Å². The summed E-state index contributed by atoms with van der Waals surface area (Å²) in [5, 5.41) is 3.14. The molecule has 1 heterocycles. The minimum Gasteiger partial charge on any atom is -0.314 e. The molecule has 0 aliphatic carbocycles. The average Bonchev–Trinajstić information content (AvgIpc) is 2.47. The van der Waals surface area contributed by atoms with Crippen LogP contribution in [0.1, 0.15) is 30.9 Å². The fraction of sp³-hybridized carbons (Fsp3) is 0.600. The summed E-state index contributed by atoms with van der Waals surface area (Å²) in [6.45, 7) is 3.30. The van der Waals surface area contributed by atoms with Gasteiger partial charge in [0.2, 0.25) is 10.0 Å². The molecule has 0 saturated carbocycles. The Morgan fingerprint density at radius 2 is 1.96 bits per heavy atom. The molecule has 0 amide bonds. The lowest BCUT2D eigenvalue weighted by molar-refractivity contribution is -0.138. The van der Waals surface area contributed by atoms with Crippen LogP contribution in [0.5, 0.6) is 0 Å². The number of halogens is 4. The summed E-state index contributed by atoms with van der Waals surface area (Å²) < 4.78 is 65.8. The van der Waals surface area contributed by atoms with Crippen LogP contribution in [-0.2, 0) is 22.0 Å². The Morgan fingerprint density at radius 3 is 2.58 bits per heavy atom. The monoisotopic (exact) mass is 386 g/mol. The standard InChI is InChI=1S/C15H21F3N2O2S.ClH/c1-2-5-13-10-19-8-9-20(13)23(21,22)11-12-6-3-4-7-14(12)15(16,17)18;/h3-4,6-7,13,19H,2,5,8-11H2,1H3;1H. The first kappa shape index (κ1) is 21.2. The van der Waals surface area contributed by atoms with Crippen LogP contribution in [0.2, 0.25) is 0 Å². The summed E-state index contributed by atoms with van der Waals surface area (Å²) in [7, 11) is -3.80. The Hall–Kier alpha value is -0.830. The van der Waals surface area contributed by atoms with Gasteiger partial charge in [-0.2, -0.15) is 17.5 Å². The van der Waals surface area contributed by atoms with Crippen molar-refractivity contribution in [2.45, 2.75) is 37.7 Å². The SMILES string of the molecule is CCCC1CNCCN1S(=O)(=O)Cc1ccccc1C(F)(F)F.Cl. The van der Waals surface area contributed by atoms with Gasteiger partial charge in [0.25, 0.3) is 0 Å². The molecule has 138 valence electrons. The van der Waals surface area contributed by atoms with Crippen LogP contribution in [0.25, 0.3) is 0 Å². The Labute approximate surface area is 146 Å². The number of hydrogen-bond donors (Lipinski definition) is 1. The lowest BCUT2D eigenvalue weighted by Gasteiger charge is -2.35. The third kappa shape index (κ3) is 5.08. The molecule has 0 bridgehead atoms. The molecule has 1 N–H and O–H groups in total. The number of hydrogen-bond acceptors (Lipinski definition) is 3. The largest absolute Gasteiger partial charge is 0.416 e. The third-order valence-corrected chi connectivity index (χ3v) is 5.81. The van der Waals surface area contributed by atoms with Gasteiger partial charge in [-0.3, -0.25) is 0 Å². The normalized spacial score (nSPS) is 19.8. The summed E-state index contributed by atoms with van der Waals surface area (Å²) in [6.07, 6.45) is -3.05. The molecule has 0 aromatic heterocycles. The maximum absolute atomic E-state index is 13.0. The topological polar surface area (TPSA) is 49.4 Å². The highest BCUT2D eigenvalue weighted by Gasteiger charge is 2.36. The number of nitrogens with one attached hydrogen (secondary N) is 1. The van der Waals surface area contributed by atoms with Gasteiger partial charge in [-0.1, -0.05) is 31.5 Å². The van der Waals surface area contributed by atoms with E-state index in [4.69, 9.17) is 0 Å². The number of benzene rings is 1. The number of nitrogens with zero attached hydrogens (tertiary/aromatic N) is 1. The van der Waals surface area contributed by atoms with Gasteiger partial charge in [0.15, 0.2) is 0 Å². The Kier molecular flexibility index (Phi) is 7.52. The van der Waals surface area contributed by atoms with E-state index in [1.54, 1.807) is 0 Å². The summed E-state index contributed by atoms with van der Waals surface area (Å²) in [4.78, 5) is 0. The first-order valence-corrected chi connectivity index (χ1v) is 9.22. The maximum Gasteiger partial charge on any atom is 0.416 e. The van der Waals surface area contributed by atoms with Crippen molar-refractivity contribution in [2.24, 2.45) is 0 Å². The van der Waals surface area contributed by atoms with Crippen LogP contribution >= 0.6 is 12.4 Å². The Morgan fingerprint density at radius 1 is 1.29 bits per heavy atom. The first-order valence-electron chi connectivity index (χ1n) is 7.61. The first-order chi connectivity index (χ1) is 10.8.